The summed E-state index contributed by atoms with van der Waals surface area (Å²) in [5, 5.41) is 0.803. The predicted octanol–water partition coefficient (Wildman–Crippen LogP) is 3.00. The third-order valence-electron chi connectivity index (χ3n) is 4.91. The lowest BCUT2D eigenvalue weighted by molar-refractivity contribution is 0.0534. The van der Waals surface area contributed by atoms with Crippen LogP contribution in [0.4, 0.5) is 0 Å². The van der Waals surface area contributed by atoms with E-state index >= 15 is 0 Å². The van der Waals surface area contributed by atoms with Crippen molar-refractivity contribution < 1.29 is 14.4 Å². The summed E-state index contributed by atoms with van der Waals surface area (Å²) in [5.74, 6) is -0.553. The van der Waals surface area contributed by atoms with Crippen molar-refractivity contribution in [1.29, 1.82) is 0 Å². The lowest BCUT2D eigenvalue weighted by Crippen LogP contribution is -2.50. The summed E-state index contributed by atoms with van der Waals surface area (Å²) in [4.78, 5) is 46.8. The Bertz CT molecular complexity index is 981. The maximum atomic E-state index is 12.9. The fourth-order valence-electron chi connectivity index (χ4n) is 3.28. The molecule has 1 aromatic carbocycles. The fourth-order valence-corrected chi connectivity index (χ4v) is 3.80. The minimum absolute atomic E-state index is 0.165. The van der Waals surface area contributed by atoms with E-state index < -0.39 is 0 Å². The largest absolute Gasteiger partial charge is 0.343 e. The van der Waals surface area contributed by atoms with E-state index in [1.807, 2.05) is 0 Å². The Kier molecular flexibility index (Phi) is 6.63. The molecule has 0 bridgehead atoms. The van der Waals surface area contributed by atoms with Crippen LogP contribution in [0.15, 0.2) is 30.3 Å². The van der Waals surface area contributed by atoms with Crippen molar-refractivity contribution in [1.82, 2.24) is 19.7 Å². The molecule has 0 N–H and O–H groups in total. The van der Waals surface area contributed by atoms with Gasteiger partial charge in [0.25, 0.3) is 17.7 Å². The summed E-state index contributed by atoms with van der Waals surface area (Å²) in [5.41, 5.74) is 1.67. The van der Waals surface area contributed by atoms with Crippen molar-refractivity contribution in [2.45, 2.75) is 6.92 Å². The van der Waals surface area contributed by atoms with Gasteiger partial charge in [-0.3, -0.25) is 14.4 Å². The number of hydrogen-bond acceptors (Lipinski definition) is 4. The monoisotopic (exact) mass is 448 g/mol. The molecule has 0 unspecified atom stereocenters. The summed E-state index contributed by atoms with van der Waals surface area (Å²) >= 11 is 12.0. The molecule has 1 aromatic heterocycles. The van der Waals surface area contributed by atoms with Gasteiger partial charge in [-0.25, -0.2) is 4.98 Å². The summed E-state index contributed by atoms with van der Waals surface area (Å²) in [6.45, 7) is 3.31. The third kappa shape index (κ3) is 4.74. The fraction of sp³-hybridized carbons (Fsp3) is 0.333. The second kappa shape index (κ2) is 9.02. The zero-order valence-electron chi connectivity index (χ0n) is 17.0. The molecule has 1 aliphatic heterocycles. The number of aryl methyl sites for hydroxylation is 1. The Balaban J connectivity index is 1.67. The zero-order valence-corrected chi connectivity index (χ0v) is 18.5. The number of rotatable bonds is 3. The average Bonchev–Trinajstić information content (AvgIpc) is 2.71. The molecule has 0 spiro atoms. The molecule has 1 fully saturated rings. The lowest BCUT2D eigenvalue weighted by atomic mass is 10.1. The van der Waals surface area contributed by atoms with E-state index in [2.05, 4.69) is 4.98 Å². The van der Waals surface area contributed by atoms with E-state index in [1.54, 1.807) is 61.2 Å². The van der Waals surface area contributed by atoms with E-state index in [1.165, 1.54) is 4.90 Å². The van der Waals surface area contributed by atoms with Gasteiger partial charge in [-0.2, -0.15) is 0 Å². The van der Waals surface area contributed by atoms with E-state index in [4.69, 9.17) is 23.2 Å². The lowest BCUT2D eigenvalue weighted by Gasteiger charge is -2.35. The molecular formula is C21H22Cl2N4O3. The highest BCUT2D eigenvalue weighted by Gasteiger charge is 2.27. The van der Waals surface area contributed by atoms with Gasteiger partial charge < -0.3 is 14.7 Å². The SMILES string of the molecule is Cc1nc(C(=O)N(C)C)ccc1C(=O)N1CCN(C(=O)c2cc(Cl)cc(Cl)c2)CC1. The molecule has 7 nitrogen and oxygen atoms in total. The van der Waals surface area contributed by atoms with Crippen molar-refractivity contribution in [2.75, 3.05) is 40.3 Å². The van der Waals surface area contributed by atoms with Gasteiger partial charge in [0.1, 0.15) is 5.69 Å². The Morgan fingerprint density at radius 2 is 1.43 bits per heavy atom. The highest BCUT2D eigenvalue weighted by Crippen LogP contribution is 2.21. The Labute approximate surface area is 185 Å². The van der Waals surface area contributed by atoms with E-state index in [0.717, 1.165) is 0 Å². The number of pyridine rings is 1. The number of hydrogen-bond donors (Lipinski definition) is 0. The summed E-state index contributed by atoms with van der Waals surface area (Å²) in [6, 6.07) is 7.93. The number of nitrogens with zero attached hydrogens (tertiary/aromatic N) is 4. The van der Waals surface area contributed by atoms with E-state index in [9.17, 15) is 14.4 Å². The van der Waals surface area contributed by atoms with Gasteiger partial charge in [0.2, 0.25) is 0 Å². The first-order valence-corrected chi connectivity index (χ1v) is 10.2. The first-order chi connectivity index (χ1) is 14.2. The van der Waals surface area contributed by atoms with Crippen LogP contribution in [0, 0.1) is 6.92 Å². The third-order valence-corrected chi connectivity index (χ3v) is 5.34. The van der Waals surface area contributed by atoms with E-state index in [-0.39, 0.29) is 17.7 Å². The first kappa shape index (κ1) is 22.1. The van der Waals surface area contributed by atoms with Crippen molar-refractivity contribution in [2.24, 2.45) is 0 Å². The zero-order chi connectivity index (χ0) is 22.0. The van der Waals surface area contributed by atoms with Crippen molar-refractivity contribution in [3.05, 3.63) is 62.9 Å². The number of amides is 3. The maximum Gasteiger partial charge on any atom is 0.271 e. The normalized spacial score (nSPS) is 13.9. The summed E-state index contributed by atoms with van der Waals surface area (Å²) in [6.07, 6.45) is 0. The molecular weight excluding hydrogens is 427 g/mol. The van der Waals surface area contributed by atoms with Crippen LogP contribution in [-0.2, 0) is 0 Å². The molecule has 158 valence electrons. The standard InChI is InChI=1S/C21H22Cl2N4O3/c1-13-17(4-5-18(24-13)21(30)25(2)3)20(29)27-8-6-26(7-9-27)19(28)14-10-15(22)12-16(23)11-14/h4-5,10-12H,6-9H2,1-3H3. The molecule has 3 rings (SSSR count). The van der Waals surface area contributed by atoms with Crippen molar-refractivity contribution >= 4 is 40.9 Å². The van der Waals surface area contributed by atoms with Crippen LogP contribution < -0.4 is 0 Å². The molecule has 2 heterocycles. The number of piperazine rings is 1. The number of aromatic nitrogens is 1. The Morgan fingerprint density at radius 1 is 0.900 bits per heavy atom. The van der Waals surface area contributed by atoms with Crippen LogP contribution in [-0.4, -0.2) is 77.7 Å². The number of halogens is 2. The van der Waals surface area contributed by atoms with Crippen LogP contribution in [0.1, 0.15) is 36.9 Å². The Morgan fingerprint density at radius 3 is 1.93 bits per heavy atom. The quantitative estimate of drug-likeness (QED) is 0.722. The minimum atomic E-state index is -0.217. The molecule has 0 saturated carbocycles. The van der Waals surface area contributed by atoms with Crippen LogP contribution in [0.5, 0.6) is 0 Å². The predicted molar refractivity (Wildman–Crippen MR) is 115 cm³/mol. The molecule has 1 aliphatic rings. The molecule has 0 aliphatic carbocycles. The number of carbonyl (C=O) groups is 3. The van der Waals surface area contributed by atoms with Crippen molar-refractivity contribution in [3.8, 4) is 0 Å². The molecule has 0 atom stereocenters. The molecule has 3 amide bonds. The molecule has 1 saturated heterocycles. The summed E-state index contributed by atoms with van der Waals surface area (Å²) in [7, 11) is 3.30. The second-order valence-corrected chi connectivity index (χ2v) is 8.14. The first-order valence-electron chi connectivity index (χ1n) is 9.41. The topological polar surface area (TPSA) is 73.8 Å². The number of benzene rings is 1. The van der Waals surface area contributed by atoms with E-state index in [0.29, 0.717) is 58.7 Å². The Hall–Kier alpha value is -2.64. The second-order valence-electron chi connectivity index (χ2n) is 7.27. The van der Waals surface area contributed by atoms with Gasteiger partial charge in [-0.1, -0.05) is 23.2 Å². The smallest absolute Gasteiger partial charge is 0.271 e. The van der Waals surface area contributed by atoms with Gasteiger partial charge in [0.05, 0.1) is 11.3 Å². The van der Waals surface area contributed by atoms with Gasteiger partial charge in [0.15, 0.2) is 0 Å². The van der Waals surface area contributed by atoms with Crippen LogP contribution in [0.3, 0.4) is 0 Å². The van der Waals surface area contributed by atoms with Gasteiger partial charge in [-0.05, 0) is 37.3 Å². The minimum Gasteiger partial charge on any atom is -0.343 e. The van der Waals surface area contributed by atoms with Gasteiger partial charge in [-0.15, -0.1) is 0 Å². The highest BCUT2D eigenvalue weighted by atomic mass is 35.5. The van der Waals surface area contributed by atoms with Crippen molar-refractivity contribution in [3.63, 3.8) is 0 Å². The van der Waals surface area contributed by atoms with Crippen LogP contribution >= 0.6 is 23.2 Å². The van der Waals surface area contributed by atoms with Gasteiger partial charge >= 0.3 is 0 Å². The molecule has 2 aromatic rings. The molecule has 30 heavy (non-hydrogen) atoms. The summed E-state index contributed by atoms with van der Waals surface area (Å²) < 4.78 is 0. The van der Waals surface area contributed by atoms with Crippen LogP contribution in [0.25, 0.3) is 0 Å². The van der Waals surface area contributed by atoms with Gasteiger partial charge in [0, 0.05) is 55.9 Å². The molecule has 9 heteroatoms. The number of carbonyl (C=O) groups excluding carboxylic acids is 3. The average molecular weight is 449 g/mol. The van der Waals surface area contributed by atoms with Crippen LogP contribution in [0.2, 0.25) is 10.0 Å². The maximum absolute atomic E-state index is 12.9. The highest BCUT2D eigenvalue weighted by molar-refractivity contribution is 6.35. The molecule has 0 radical (unpaired) electrons.